The molecule has 94 valence electrons. The molecule has 0 saturated carbocycles. The first-order valence-corrected chi connectivity index (χ1v) is 5.61. The molecule has 2 N–H and O–H groups in total. The van der Waals surface area contributed by atoms with Gasteiger partial charge < -0.3 is 15.0 Å². The molecule has 0 aromatic carbocycles. The van der Waals surface area contributed by atoms with Crippen LogP contribution in [0.5, 0.6) is 0 Å². The average Bonchev–Trinajstić information content (AvgIpc) is 2.58. The number of carbonyl (C=O) groups is 3. The summed E-state index contributed by atoms with van der Waals surface area (Å²) in [6.45, 7) is 1.18. The van der Waals surface area contributed by atoms with Gasteiger partial charge in [0.1, 0.15) is 13.1 Å². The van der Waals surface area contributed by atoms with Crippen molar-refractivity contribution in [2.45, 2.75) is 18.9 Å². The number of imide groups is 1. The normalized spacial score (nSPS) is 21.5. The molecule has 2 aliphatic rings. The van der Waals surface area contributed by atoms with E-state index in [0.717, 1.165) is 12.8 Å². The van der Waals surface area contributed by atoms with Gasteiger partial charge in [-0.1, -0.05) is 0 Å². The molecule has 4 amide bonds. The van der Waals surface area contributed by atoms with Gasteiger partial charge in [0.2, 0.25) is 11.8 Å². The topological polar surface area (TPSA) is 87.7 Å². The Labute approximate surface area is 98.5 Å². The fourth-order valence-electron chi connectivity index (χ4n) is 1.90. The number of ether oxygens (including phenoxy) is 1. The highest BCUT2D eigenvalue weighted by Crippen LogP contribution is 2.06. The molecule has 17 heavy (non-hydrogen) atoms. The van der Waals surface area contributed by atoms with E-state index in [9.17, 15) is 14.4 Å². The summed E-state index contributed by atoms with van der Waals surface area (Å²) in [6, 6.07) is -0.394. The van der Waals surface area contributed by atoms with Gasteiger partial charge in [0.05, 0.1) is 0 Å². The minimum atomic E-state index is -0.503. The fraction of sp³-hybridized carbons (Fsp3) is 0.700. The zero-order chi connectivity index (χ0) is 12.3. The van der Waals surface area contributed by atoms with Crippen LogP contribution in [0.1, 0.15) is 12.8 Å². The molecular formula is C10H15N3O4. The van der Waals surface area contributed by atoms with E-state index >= 15 is 0 Å². The number of amides is 4. The van der Waals surface area contributed by atoms with Crippen molar-refractivity contribution in [2.24, 2.45) is 0 Å². The van der Waals surface area contributed by atoms with E-state index in [1.54, 1.807) is 0 Å². The second-order valence-electron chi connectivity index (χ2n) is 4.16. The standard InChI is InChI=1S/C10H15N3O4/c14-8(11-7-1-3-17-4-2-7)5-13-6-9(15)12-10(13)16/h7H,1-6H2,(H,11,14)(H,12,15,16). The molecule has 0 radical (unpaired) electrons. The Bertz CT molecular complexity index is 338. The summed E-state index contributed by atoms with van der Waals surface area (Å²) in [6.07, 6.45) is 1.58. The SMILES string of the molecule is O=C1CN(CC(=O)NC2CCOCC2)C(=O)N1. The Kier molecular flexibility index (Phi) is 3.58. The summed E-state index contributed by atoms with van der Waals surface area (Å²) < 4.78 is 5.18. The Morgan fingerprint density at radius 2 is 2.12 bits per heavy atom. The number of hydrogen-bond donors (Lipinski definition) is 2. The van der Waals surface area contributed by atoms with E-state index in [4.69, 9.17) is 4.74 Å². The smallest absolute Gasteiger partial charge is 0.325 e. The van der Waals surface area contributed by atoms with Crippen molar-refractivity contribution in [3.05, 3.63) is 0 Å². The molecule has 0 aromatic heterocycles. The third-order valence-electron chi connectivity index (χ3n) is 2.79. The first-order valence-electron chi connectivity index (χ1n) is 5.61. The molecular weight excluding hydrogens is 226 g/mol. The van der Waals surface area contributed by atoms with Gasteiger partial charge in [0.15, 0.2) is 0 Å². The summed E-state index contributed by atoms with van der Waals surface area (Å²) in [7, 11) is 0. The fourth-order valence-corrected chi connectivity index (χ4v) is 1.90. The number of urea groups is 1. The number of nitrogens with one attached hydrogen (secondary N) is 2. The summed E-state index contributed by atoms with van der Waals surface area (Å²) in [5.74, 6) is -0.601. The molecule has 7 nitrogen and oxygen atoms in total. The minimum Gasteiger partial charge on any atom is -0.381 e. The second-order valence-corrected chi connectivity index (χ2v) is 4.16. The predicted molar refractivity (Wildman–Crippen MR) is 57.1 cm³/mol. The Balaban J connectivity index is 1.76. The summed E-state index contributed by atoms with van der Waals surface area (Å²) in [5, 5.41) is 4.95. The van der Waals surface area contributed by atoms with Crippen LogP contribution < -0.4 is 10.6 Å². The van der Waals surface area contributed by atoms with Crippen molar-refractivity contribution in [3.63, 3.8) is 0 Å². The zero-order valence-electron chi connectivity index (χ0n) is 9.40. The minimum absolute atomic E-state index is 0.0416. The predicted octanol–water partition coefficient (Wildman–Crippen LogP) is -1.17. The first-order chi connectivity index (χ1) is 8.15. The zero-order valence-corrected chi connectivity index (χ0v) is 9.40. The van der Waals surface area contributed by atoms with Gasteiger partial charge in [-0.25, -0.2) is 4.79 Å². The quantitative estimate of drug-likeness (QED) is 0.610. The third kappa shape index (κ3) is 3.16. The Morgan fingerprint density at radius 3 is 2.71 bits per heavy atom. The molecule has 0 aliphatic carbocycles. The van der Waals surface area contributed by atoms with Crippen LogP contribution >= 0.6 is 0 Å². The molecule has 0 bridgehead atoms. The largest absolute Gasteiger partial charge is 0.381 e. The van der Waals surface area contributed by atoms with Gasteiger partial charge in [0, 0.05) is 19.3 Å². The lowest BCUT2D eigenvalue weighted by Gasteiger charge is -2.24. The van der Waals surface area contributed by atoms with Gasteiger partial charge in [0.25, 0.3) is 0 Å². The van der Waals surface area contributed by atoms with E-state index in [2.05, 4.69) is 10.6 Å². The van der Waals surface area contributed by atoms with E-state index in [-0.39, 0.29) is 30.9 Å². The molecule has 0 aromatic rings. The van der Waals surface area contributed by atoms with Gasteiger partial charge in [-0.2, -0.15) is 0 Å². The van der Waals surface area contributed by atoms with Crippen LogP contribution in [0.2, 0.25) is 0 Å². The average molecular weight is 241 g/mol. The van der Waals surface area contributed by atoms with Crippen molar-refractivity contribution >= 4 is 17.8 Å². The highest BCUT2D eigenvalue weighted by atomic mass is 16.5. The van der Waals surface area contributed by atoms with Crippen molar-refractivity contribution in [1.29, 1.82) is 0 Å². The second kappa shape index (κ2) is 5.13. The molecule has 2 fully saturated rings. The maximum atomic E-state index is 11.6. The molecule has 2 aliphatic heterocycles. The highest BCUT2D eigenvalue weighted by molar-refractivity contribution is 6.03. The van der Waals surface area contributed by atoms with E-state index in [1.165, 1.54) is 4.90 Å². The number of nitrogens with zero attached hydrogens (tertiary/aromatic N) is 1. The lowest BCUT2D eigenvalue weighted by Crippen LogP contribution is -2.44. The van der Waals surface area contributed by atoms with Crippen LogP contribution in [0, 0.1) is 0 Å². The van der Waals surface area contributed by atoms with Gasteiger partial charge in [-0.15, -0.1) is 0 Å². The van der Waals surface area contributed by atoms with E-state index < -0.39 is 6.03 Å². The highest BCUT2D eigenvalue weighted by Gasteiger charge is 2.28. The molecule has 2 heterocycles. The maximum absolute atomic E-state index is 11.6. The Morgan fingerprint density at radius 1 is 1.41 bits per heavy atom. The Hall–Kier alpha value is -1.63. The van der Waals surface area contributed by atoms with Crippen LogP contribution in [0.15, 0.2) is 0 Å². The lowest BCUT2D eigenvalue weighted by atomic mass is 10.1. The van der Waals surface area contributed by atoms with Crippen LogP contribution in [-0.2, 0) is 14.3 Å². The summed E-state index contributed by atoms with van der Waals surface area (Å²) in [4.78, 5) is 34.9. The van der Waals surface area contributed by atoms with Crippen LogP contribution in [0.3, 0.4) is 0 Å². The monoisotopic (exact) mass is 241 g/mol. The summed E-state index contributed by atoms with van der Waals surface area (Å²) in [5.41, 5.74) is 0. The molecule has 0 spiro atoms. The van der Waals surface area contributed by atoms with Gasteiger partial charge in [-0.05, 0) is 12.8 Å². The number of carbonyl (C=O) groups excluding carboxylic acids is 3. The molecule has 2 rings (SSSR count). The van der Waals surface area contributed by atoms with E-state index in [1.807, 2.05) is 0 Å². The molecule has 7 heteroatoms. The van der Waals surface area contributed by atoms with Crippen molar-refractivity contribution in [3.8, 4) is 0 Å². The van der Waals surface area contributed by atoms with Gasteiger partial charge in [-0.3, -0.25) is 14.9 Å². The number of rotatable bonds is 3. The van der Waals surface area contributed by atoms with E-state index in [0.29, 0.717) is 13.2 Å². The third-order valence-corrected chi connectivity index (χ3v) is 2.79. The molecule has 2 saturated heterocycles. The number of hydrogen-bond acceptors (Lipinski definition) is 4. The summed E-state index contributed by atoms with van der Waals surface area (Å²) >= 11 is 0. The van der Waals surface area contributed by atoms with Crippen LogP contribution in [0.25, 0.3) is 0 Å². The van der Waals surface area contributed by atoms with Gasteiger partial charge >= 0.3 is 6.03 Å². The van der Waals surface area contributed by atoms with Crippen molar-refractivity contribution < 1.29 is 19.1 Å². The van der Waals surface area contributed by atoms with Crippen LogP contribution in [0.4, 0.5) is 4.79 Å². The van der Waals surface area contributed by atoms with Crippen molar-refractivity contribution in [2.75, 3.05) is 26.3 Å². The lowest BCUT2D eigenvalue weighted by molar-refractivity contribution is -0.123. The van der Waals surface area contributed by atoms with Crippen molar-refractivity contribution in [1.82, 2.24) is 15.5 Å². The molecule has 0 atom stereocenters. The first kappa shape index (κ1) is 11.8. The van der Waals surface area contributed by atoms with Crippen LogP contribution in [-0.4, -0.2) is 55.1 Å². The molecule has 0 unspecified atom stereocenters. The maximum Gasteiger partial charge on any atom is 0.325 e.